The molecule has 1 aromatic heterocycles. The number of methoxy groups -OCH3 is 1. The maximum absolute atomic E-state index is 11.8. The molecule has 0 saturated heterocycles. The number of ether oxygens (including phenoxy) is 1. The fourth-order valence-electron chi connectivity index (χ4n) is 2.04. The van der Waals surface area contributed by atoms with Gasteiger partial charge in [-0.2, -0.15) is 0 Å². The lowest BCUT2D eigenvalue weighted by Gasteiger charge is -2.06. The maximum Gasteiger partial charge on any atom is 0.220 e. The van der Waals surface area contributed by atoms with Crippen LogP contribution < -0.4 is 15.4 Å². The lowest BCUT2D eigenvalue weighted by Crippen LogP contribution is -2.25. The Bertz CT molecular complexity index is 613. The zero-order valence-electron chi connectivity index (χ0n) is 12.9. The van der Waals surface area contributed by atoms with Crippen LogP contribution in [-0.2, 0) is 17.6 Å². The Morgan fingerprint density at radius 3 is 2.95 bits per heavy atom. The second-order valence-electron chi connectivity index (χ2n) is 4.85. The minimum atomic E-state index is 0.0619. The highest BCUT2D eigenvalue weighted by Crippen LogP contribution is 2.15. The van der Waals surface area contributed by atoms with E-state index in [0.29, 0.717) is 19.4 Å². The van der Waals surface area contributed by atoms with Crippen LogP contribution in [0.5, 0.6) is 5.75 Å². The topological polar surface area (TPSA) is 63.2 Å². The molecule has 0 radical (unpaired) electrons. The number of carbonyl (C=O) groups is 1. The first-order valence-electron chi connectivity index (χ1n) is 7.23. The van der Waals surface area contributed by atoms with Crippen molar-refractivity contribution in [1.82, 2.24) is 10.3 Å². The molecule has 118 valence electrons. The first-order chi connectivity index (χ1) is 10.7. The smallest absolute Gasteiger partial charge is 0.220 e. The Labute approximate surface area is 134 Å². The van der Waals surface area contributed by atoms with Gasteiger partial charge in [-0.05, 0) is 24.1 Å². The van der Waals surface area contributed by atoms with Crippen molar-refractivity contribution >= 4 is 22.4 Å². The van der Waals surface area contributed by atoms with Gasteiger partial charge < -0.3 is 15.4 Å². The van der Waals surface area contributed by atoms with Crippen molar-refractivity contribution in [2.45, 2.75) is 19.3 Å². The van der Waals surface area contributed by atoms with Gasteiger partial charge in [0.1, 0.15) is 5.75 Å². The Balaban J connectivity index is 1.69. The second kappa shape index (κ2) is 8.38. The van der Waals surface area contributed by atoms with Crippen molar-refractivity contribution < 1.29 is 9.53 Å². The average Bonchev–Trinajstić information content (AvgIpc) is 3.01. The summed E-state index contributed by atoms with van der Waals surface area (Å²) in [6.45, 7) is 0.615. The van der Waals surface area contributed by atoms with Crippen molar-refractivity contribution in [3.63, 3.8) is 0 Å². The molecule has 0 unspecified atom stereocenters. The standard InChI is InChI=1S/C16H21N3O2S/c1-17-16-19-13(11-22-16)8-9-18-15(20)7-6-12-4-3-5-14(10-12)21-2/h3-5,10-11H,6-9H2,1-2H3,(H,17,19)(H,18,20). The van der Waals surface area contributed by atoms with E-state index in [2.05, 4.69) is 15.6 Å². The van der Waals surface area contributed by atoms with Crippen LogP contribution in [0.1, 0.15) is 17.7 Å². The molecule has 2 rings (SSSR count). The normalized spacial score (nSPS) is 10.3. The summed E-state index contributed by atoms with van der Waals surface area (Å²) in [5.41, 5.74) is 2.11. The van der Waals surface area contributed by atoms with Crippen LogP contribution in [0.3, 0.4) is 0 Å². The monoisotopic (exact) mass is 319 g/mol. The minimum absolute atomic E-state index is 0.0619. The quantitative estimate of drug-likeness (QED) is 0.785. The molecule has 0 fully saturated rings. The molecule has 1 heterocycles. The highest BCUT2D eigenvalue weighted by atomic mass is 32.1. The summed E-state index contributed by atoms with van der Waals surface area (Å²) in [5.74, 6) is 0.883. The largest absolute Gasteiger partial charge is 0.497 e. The molecule has 0 aliphatic heterocycles. The van der Waals surface area contributed by atoms with Gasteiger partial charge in [0, 0.05) is 31.8 Å². The molecule has 2 N–H and O–H groups in total. The summed E-state index contributed by atoms with van der Waals surface area (Å²) in [6, 6.07) is 7.80. The average molecular weight is 319 g/mol. The van der Waals surface area contributed by atoms with Gasteiger partial charge in [0.2, 0.25) is 5.91 Å². The summed E-state index contributed by atoms with van der Waals surface area (Å²) in [7, 11) is 3.49. The van der Waals surface area contributed by atoms with E-state index in [1.54, 1.807) is 18.4 Å². The van der Waals surface area contributed by atoms with Gasteiger partial charge in [0.05, 0.1) is 12.8 Å². The van der Waals surface area contributed by atoms with Crippen LogP contribution in [0.15, 0.2) is 29.6 Å². The number of thiazole rings is 1. The van der Waals surface area contributed by atoms with Gasteiger partial charge in [-0.3, -0.25) is 4.79 Å². The van der Waals surface area contributed by atoms with E-state index in [0.717, 1.165) is 28.6 Å². The number of nitrogens with zero attached hydrogens (tertiary/aromatic N) is 1. The van der Waals surface area contributed by atoms with E-state index in [1.165, 1.54) is 0 Å². The summed E-state index contributed by atoms with van der Waals surface area (Å²) < 4.78 is 5.18. The molecule has 2 aromatic rings. The summed E-state index contributed by atoms with van der Waals surface area (Å²) in [5, 5.41) is 8.85. The maximum atomic E-state index is 11.8. The van der Waals surface area contributed by atoms with Gasteiger partial charge in [0.15, 0.2) is 5.13 Å². The van der Waals surface area contributed by atoms with E-state index in [4.69, 9.17) is 4.74 Å². The third-order valence-electron chi connectivity index (χ3n) is 3.24. The van der Waals surface area contributed by atoms with Crippen molar-refractivity contribution in [2.75, 3.05) is 26.0 Å². The number of rotatable bonds is 8. The van der Waals surface area contributed by atoms with E-state index >= 15 is 0 Å². The summed E-state index contributed by atoms with van der Waals surface area (Å²) in [6.07, 6.45) is 1.94. The van der Waals surface area contributed by atoms with E-state index in [1.807, 2.05) is 36.7 Å². The van der Waals surface area contributed by atoms with Gasteiger partial charge in [-0.25, -0.2) is 4.98 Å². The number of benzene rings is 1. The Hall–Kier alpha value is -2.08. The van der Waals surface area contributed by atoms with Gasteiger partial charge in [0.25, 0.3) is 0 Å². The highest BCUT2D eigenvalue weighted by Gasteiger charge is 2.04. The molecule has 0 spiro atoms. The number of hydrogen-bond acceptors (Lipinski definition) is 5. The number of amides is 1. The molecule has 1 amide bonds. The van der Waals surface area contributed by atoms with E-state index < -0.39 is 0 Å². The number of nitrogens with one attached hydrogen (secondary N) is 2. The first kappa shape index (κ1) is 16.3. The molecule has 0 saturated carbocycles. The molecular weight excluding hydrogens is 298 g/mol. The number of aromatic nitrogens is 1. The van der Waals surface area contributed by atoms with Crippen LogP contribution in [0.2, 0.25) is 0 Å². The van der Waals surface area contributed by atoms with E-state index in [9.17, 15) is 4.79 Å². The molecular formula is C16H21N3O2S. The predicted molar refractivity (Wildman–Crippen MR) is 89.7 cm³/mol. The highest BCUT2D eigenvalue weighted by molar-refractivity contribution is 7.13. The fourth-order valence-corrected chi connectivity index (χ4v) is 2.75. The van der Waals surface area contributed by atoms with Gasteiger partial charge in [-0.15, -0.1) is 11.3 Å². The van der Waals surface area contributed by atoms with Crippen LogP contribution in [0.4, 0.5) is 5.13 Å². The summed E-state index contributed by atoms with van der Waals surface area (Å²) in [4.78, 5) is 16.2. The van der Waals surface area contributed by atoms with Gasteiger partial charge >= 0.3 is 0 Å². The molecule has 0 bridgehead atoms. The SMILES string of the molecule is CNc1nc(CCNC(=O)CCc2cccc(OC)c2)cs1. The van der Waals surface area contributed by atoms with Crippen LogP contribution >= 0.6 is 11.3 Å². The molecule has 0 aliphatic rings. The van der Waals surface area contributed by atoms with Crippen LogP contribution in [0.25, 0.3) is 0 Å². The fraction of sp³-hybridized carbons (Fsp3) is 0.375. The molecule has 6 heteroatoms. The summed E-state index contributed by atoms with van der Waals surface area (Å²) >= 11 is 1.57. The lowest BCUT2D eigenvalue weighted by molar-refractivity contribution is -0.121. The van der Waals surface area contributed by atoms with Crippen LogP contribution in [-0.4, -0.2) is 31.6 Å². The molecule has 0 atom stereocenters. The second-order valence-corrected chi connectivity index (χ2v) is 5.70. The first-order valence-corrected chi connectivity index (χ1v) is 8.11. The number of anilines is 1. The van der Waals surface area contributed by atoms with E-state index in [-0.39, 0.29) is 5.91 Å². The minimum Gasteiger partial charge on any atom is -0.497 e. The van der Waals surface area contributed by atoms with Crippen molar-refractivity contribution in [1.29, 1.82) is 0 Å². The third kappa shape index (κ3) is 5.04. The number of hydrogen-bond donors (Lipinski definition) is 2. The predicted octanol–water partition coefficient (Wildman–Crippen LogP) is 2.48. The van der Waals surface area contributed by atoms with Crippen molar-refractivity contribution in [3.05, 3.63) is 40.9 Å². The lowest BCUT2D eigenvalue weighted by atomic mass is 10.1. The zero-order valence-corrected chi connectivity index (χ0v) is 13.7. The molecule has 0 aliphatic carbocycles. The molecule has 1 aromatic carbocycles. The van der Waals surface area contributed by atoms with Crippen molar-refractivity contribution in [3.8, 4) is 5.75 Å². The third-order valence-corrected chi connectivity index (χ3v) is 4.15. The number of carbonyl (C=O) groups excluding carboxylic acids is 1. The van der Waals surface area contributed by atoms with Crippen molar-refractivity contribution in [2.24, 2.45) is 0 Å². The molecule has 22 heavy (non-hydrogen) atoms. The molecule has 5 nitrogen and oxygen atoms in total. The Morgan fingerprint density at radius 2 is 2.23 bits per heavy atom. The Morgan fingerprint density at radius 1 is 1.36 bits per heavy atom. The van der Waals surface area contributed by atoms with Crippen LogP contribution in [0, 0.1) is 0 Å². The van der Waals surface area contributed by atoms with Gasteiger partial charge in [-0.1, -0.05) is 12.1 Å². The zero-order chi connectivity index (χ0) is 15.8. The number of aryl methyl sites for hydroxylation is 1. The Kier molecular flexibility index (Phi) is 6.21.